The van der Waals surface area contributed by atoms with Crippen molar-refractivity contribution in [3.8, 4) is 0 Å². The maximum Gasteiger partial charge on any atom is 0.0703 e. The third-order valence-electron chi connectivity index (χ3n) is 2.73. The summed E-state index contributed by atoms with van der Waals surface area (Å²) in [5.74, 6) is 0. The molecule has 0 saturated heterocycles. The van der Waals surface area contributed by atoms with Crippen LogP contribution >= 0.6 is 0 Å². The molecule has 0 spiro atoms. The molecule has 0 unspecified atom stereocenters. The SMILES string of the molecule is Cc1cc(C)c2c(c1)N=CC(C)(C)C=C2. The van der Waals surface area contributed by atoms with Gasteiger partial charge in [-0.3, -0.25) is 4.99 Å². The highest BCUT2D eigenvalue weighted by Gasteiger charge is 2.14. The van der Waals surface area contributed by atoms with Gasteiger partial charge in [-0.1, -0.05) is 32.1 Å². The molecule has 1 aliphatic rings. The van der Waals surface area contributed by atoms with Gasteiger partial charge in [0.05, 0.1) is 5.69 Å². The first kappa shape index (κ1) is 10.2. The zero-order valence-electron chi connectivity index (χ0n) is 9.83. The minimum atomic E-state index is 0.0549. The number of hydrogen-bond donors (Lipinski definition) is 0. The fraction of sp³-hybridized carbons (Fsp3) is 0.357. The van der Waals surface area contributed by atoms with E-state index in [1.165, 1.54) is 16.7 Å². The first-order chi connectivity index (χ1) is 6.98. The van der Waals surface area contributed by atoms with Crippen LogP contribution in [-0.4, -0.2) is 6.21 Å². The van der Waals surface area contributed by atoms with Crippen LogP contribution in [0.4, 0.5) is 5.69 Å². The van der Waals surface area contributed by atoms with Gasteiger partial charge < -0.3 is 0 Å². The van der Waals surface area contributed by atoms with Crippen LogP contribution in [0.1, 0.15) is 30.5 Å². The summed E-state index contributed by atoms with van der Waals surface area (Å²) in [7, 11) is 0. The summed E-state index contributed by atoms with van der Waals surface area (Å²) in [6.07, 6.45) is 6.43. The maximum absolute atomic E-state index is 4.57. The number of aliphatic imine (C=N–C) groups is 1. The number of allylic oxidation sites excluding steroid dienone is 1. The van der Waals surface area contributed by atoms with E-state index in [4.69, 9.17) is 0 Å². The average molecular weight is 199 g/mol. The summed E-state index contributed by atoms with van der Waals surface area (Å²) in [6, 6.07) is 4.35. The van der Waals surface area contributed by atoms with Crippen LogP contribution in [0.2, 0.25) is 0 Å². The number of rotatable bonds is 0. The van der Waals surface area contributed by atoms with Crippen molar-refractivity contribution in [1.29, 1.82) is 0 Å². The predicted molar refractivity (Wildman–Crippen MR) is 66.9 cm³/mol. The number of aryl methyl sites for hydroxylation is 2. The molecule has 0 fully saturated rings. The Morgan fingerprint density at radius 1 is 1.13 bits per heavy atom. The Kier molecular flexibility index (Phi) is 2.26. The predicted octanol–water partition coefficient (Wildman–Crippen LogP) is 4.06. The third-order valence-corrected chi connectivity index (χ3v) is 2.73. The molecule has 0 radical (unpaired) electrons. The summed E-state index contributed by atoms with van der Waals surface area (Å²) in [4.78, 5) is 4.57. The van der Waals surface area contributed by atoms with Crippen LogP contribution in [0.25, 0.3) is 6.08 Å². The summed E-state index contributed by atoms with van der Waals surface area (Å²) in [6.45, 7) is 8.59. The fourth-order valence-corrected chi connectivity index (χ4v) is 1.86. The molecule has 0 bridgehead atoms. The Bertz CT molecular complexity index is 451. The lowest BCUT2D eigenvalue weighted by Crippen LogP contribution is -2.07. The number of benzene rings is 1. The second-order valence-electron chi connectivity index (χ2n) is 4.93. The topological polar surface area (TPSA) is 12.4 Å². The maximum atomic E-state index is 4.57. The Balaban J connectivity index is 2.63. The van der Waals surface area contributed by atoms with Gasteiger partial charge in [-0.05, 0) is 31.0 Å². The standard InChI is InChI=1S/C14H17N/c1-10-7-11(2)12-5-6-14(3,4)9-15-13(12)8-10/h5-9H,1-4H3. The first-order valence-electron chi connectivity index (χ1n) is 5.34. The molecule has 1 aliphatic heterocycles. The van der Waals surface area contributed by atoms with E-state index in [-0.39, 0.29) is 5.41 Å². The van der Waals surface area contributed by atoms with Gasteiger partial charge >= 0.3 is 0 Å². The molecule has 0 N–H and O–H groups in total. The lowest BCUT2D eigenvalue weighted by atomic mass is 9.94. The molecule has 15 heavy (non-hydrogen) atoms. The van der Waals surface area contributed by atoms with Crippen LogP contribution in [0, 0.1) is 19.3 Å². The highest BCUT2D eigenvalue weighted by molar-refractivity contribution is 5.81. The Morgan fingerprint density at radius 2 is 1.87 bits per heavy atom. The molecule has 0 aromatic heterocycles. The molecule has 0 atom stereocenters. The van der Waals surface area contributed by atoms with Crippen molar-refractivity contribution < 1.29 is 0 Å². The summed E-state index contributed by atoms with van der Waals surface area (Å²) < 4.78 is 0. The molecule has 0 amide bonds. The second kappa shape index (κ2) is 3.34. The smallest absolute Gasteiger partial charge is 0.0703 e. The van der Waals surface area contributed by atoms with Crippen molar-refractivity contribution in [3.63, 3.8) is 0 Å². The summed E-state index contributed by atoms with van der Waals surface area (Å²) in [5.41, 5.74) is 4.98. The van der Waals surface area contributed by atoms with Gasteiger partial charge in [0, 0.05) is 17.2 Å². The summed E-state index contributed by atoms with van der Waals surface area (Å²) in [5, 5.41) is 0. The van der Waals surface area contributed by atoms with Crippen molar-refractivity contribution in [2.45, 2.75) is 27.7 Å². The van der Waals surface area contributed by atoms with Crippen LogP contribution < -0.4 is 0 Å². The van der Waals surface area contributed by atoms with E-state index < -0.39 is 0 Å². The normalized spacial score (nSPS) is 17.3. The largest absolute Gasteiger partial charge is 0.260 e. The highest BCUT2D eigenvalue weighted by atomic mass is 14.7. The molecule has 78 valence electrons. The van der Waals surface area contributed by atoms with Crippen molar-refractivity contribution in [2.75, 3.05) is 0 Å². The van der Waals surface area contributed by atoms with E-state index in [0.717, 1.165) is 5.69 Å². The van der Waals surface area contributed by atoms with Crippen molar-refractivity contribution in [3.05, 3.63) is 34.9 Å². The van der Waals surface area contributed by atoms with Crippen LogP contribution in [-0.2, 0) is 0 Å². The number of nitrogens with zero attached hydrogens (tertiary/aromatic N) is 1. The summed E-state index contributed by atoms with van der Waals surface area (Å²) >= 11 is 0. The van der Waals surface area contributed by atoms with E-state index in [0.29, 0.717) is 0 Å². The van der Waals surface area contributed by atoms with E-state index in [2.05, 4.69) is 57.0 Å². The molecule has 2 rings (SSSR count). The first-order valence-corrected chi connectivity index (χ1v) is 5.34. The number of hydrogen-bond acceptors (Lipinski definition) is 1. The van der Waals surface area contributed by atoms with E-state index in [1.54, 1.807) is 0 Å². The van der Waals surface area contributed by atoms with Gasteiger partial charge in [0.1, 0.15) is 0 Å². The van der Waals surface area contributed by atoms with Gasteiger partial charge in [0.25, 0.3) is 0 Å². The van der Waals surface area contributed by atoms with Crippen LogP contribution in [0.3, 0.4) is 0 Å². The minimum absolute atomic E-state index is 0.0549. The van der Waals surface area contributed by atoms with E-state index >= 15 is 0 Å². The molecular formula is C14H17N. The quantitative estimate of drug-likeness (QED) is 0.597. The minimum Gasteiger partial charge on any atom is -0.260 e. The van der Waals surface area contributed by atoms with Gasteiger partial charge in [-0.2, -0.15) is 0 Å². The van der Waals surface area contributed by atoms with Crippen molar-refractivity contribution in [2.24, 2.45) is 10.4 Å². The van der Waals surface area contributed by atoms with Gasteiger partial charge in [0.15, 0.2) is 0 Å². The Hall–Kier alpha value is -1.37. The molecule has 1 heterocycles. The lowest BCUT2D eigenvalue weighted by molar-refractivity contribution is 0.699. The van der Waals surface area contributed by atoms with E-state index in [1.807, 2.05) is 6.21 Å². The van der Waals surface area contributed by atoms with Crippen molar-refractivity contribution in [1.82, 2.24) is 0 Å². The molecule has 1 heteroatoms. The van der Waals surface area contributed by atoms with Gasteiger partial charge in [-0.25, -0.2) is 0 Å². The molecule has 0 aliphatic carbocycles. The highest BCUT2D eigenvalue weighted by Crippen LogP contribution is 2.31. The molecule has 1 aromatic carbocycles. The lowest BCUT2D eigenvalue weighted by Gasteiger charge is -2.10. The third kappa shape index (κ3) is 2.01. The second-order valence-corrected chi connectivity index (χ2v) is 4.93. The van der Waals surface area contributed by atoms with Crippen LogP contribution in [0.5, 0.6) is 0 Å². The molecule has 1 aromatic rings. The molecule has 1 nitrogen and oxygen atoms in total. The van der Waals surface area contributed by atoms with E-state index in [9.17, 15) is 0 Å². The zero-order valence-corrected chi connectivity index (χ0v) is 9.83. The fourth-order valence-electron chi connectivity index (χ4n) is 1.86. The molecular weight excluding hydrogens is 182 g/mol. The Labute approximate surface area is 91.6 Å². The van der Waals surface area contributed by atoms with Crippen molar-refractivity contribution >= 4 is 18.0 Å². The van der Waals surface area contributed by atoms with Crippen LogP contribution in [0.15, 0.2) is 23.2 Å². The monoisotopic (exact) mass is 199 g/mol. The molecule has 0 saturated carbocycles. The Morgan fingerprint density at radius 3 is 2.60 bits per heavy atom. The number of fused-ring (bicyclic) bond motifs is 1. The van der Waals surface area contributed by atoms with Gasteiger partial charge in [0.2, 0.25) is 0 Å². The average Bonchev–Trinajstić information content (AvgIpc) is 2.26. The zero-order chi connectivity index (χ0) is 11.1. The van der Waals surface area contributed by atoms with Gasteiger partial charge in [-0.15, -0.1) is 0 Å².